The number of tetrazole rings is 1. The van der Waals surface area contributed by atoms with E-state index in [2.05, 4.69) is 25.9 Å². The number of hydrogen-bond acceptors (Lipinski definition) is 5. The molecule has 0 saturated carbocycles. The topological polar surface area (TPSA) is 104 Å². The van der Waals surface area contributed by atoms with Gasteiger partial charge in [-0.25, -0.2) is 0 Å². The molecule has 1 heterocycles. The maximum atomic E-state index is 11.7. The number of aromatic nitrogens is 4. The molecular weight excluding hydrogens is 234 g/mol. The highest BCUT2D eigenvalue weighted by Crippen LogP contribution is 2.13. The molecule has 3 N–H and O–H groups in total. The number of amides is 1. The van der Waals surface area contributed by atoms with Gasteiger partial charge in [0.1, 0.15) is 0 Å². The minimum absolute atomic E-state index is 0.226. The Labute approximate surface area is 103 Å². The molecular formula is C11H13N5O2. The van der Waals surface area contributed by atoms with Crippen LogP contribution in [0.4, 0.5) is 0 Å². The van der Waals surface area contributed by atoms with Crippen LogP contribution in [-0.2, 0) is 0 Å². The van der Waals surface area contributed by atoms with Crippen molar-refractivity contribution in [2.45, 2.75) is 13.0 Å². The van der Waals surface area contributed by atoms with Crippen LogP contribution in [0, 0.1) is 0 Å². The molecule has 18 heavy (non-hydrogen) atoms. The minimum atomic E-state index is -0.562. The largest absolute Gasteiger partial charge is 0.392 e. The molecule has 1 aromatic carbocycles. The Morgan fingerprint density at radius 2 is 2.17 bits per heavy atom. The van der Waals surface area contributed by atoms with E-state index in [0.29, 0.717) is 11.4 Å². The van der Waals surface area contributed by atoms with Gasteiger partial charge in [0.15, 0.2) is 0 Å². The first-order valence-electron chi connectivity index (χ1n) is 5.47. The van der Waals surface area contributed by atoms with E-state index in [1.165, 1.54) is 0 Å². The average molecular weight is 247 g/mol. The van der Waals surface area contributed by atoms with Crippen molar-refractivity contribution in [3.05, 3.63) is 29.8 Å². The predicted molar refractivity (Wildman–Crippen MR) is 63.6 cm³/mol. The molecule has 0 fully saturated rings. The lowest BCUT2D eigenvalue weighted by molar-refractivity contribution is 0.0924. The fraction of sp³-hybridized carbons (Fsp3) is 0.273. The summed E-state index contributed by atoms with van der Waals surface area (Å²) >= 11 is 0. The molecule has 0 saturated heterocycles. The maximum Gasteiger partial charge on any atom is 0.251 e. The van der Waals surface area contributed by atoms with E-state index in [-0.39, 0.29) is 12.5 Å². The van der Waals surface area contributed by atoms with E-state index >= 15 is 0 Å². The standard InChI is InChI=1S/C11H13N5O2/c1-7(17)6-12-11(18)9-4-2-8(3-5-9)10-13-15-16-14-10/h2-5,7,17H,6H2,1H3,(H,12,18)(H,13,14,15,16)/t7-/m1/s1. The fourth-order valence-electron chi connectivity index (χ4n) is 1.40. The third kappa shape index (κ3) is 2.89. The van der Waals surface area contributed by atoms with Gasteiger partial charge in [-0.15, -0.1) is 10.2 Å². The first kappa shape index (κ1) is 12.2. The number of aliphatic hydroxyl groups excluding tert-OH is 1. The lowest BCUT2D eigenvalue weighted by Crippen LogP contribution is -2.30. The molecule has 94 valence electrons. The zero-order valence-corrected chi connectivity index (χ0v) is 9.79. The zero-order valence-electron chi connectivity index (χ0n) is 9.79. The highest BCUT2D eigenvalue weighted by atomic mass is 16.3. The summed E-state index contributed by atoms with van der Waals surface area (Å²) in [6.45, 7) is 1.84. The summed E-state index contributed by atoms with van der Waals surface area (Å²) in [7, 11) is 0. The van der Waals surface area contributed by atoms with Crippen molar-refractivity contribution >= 4 is 5.91 Å². The number of aliphatic hydroxyl groups is 1. The van der Waals surface area contributed by atoms with Crippen molar-refractivity contribution in [2.75, 3.05) is 6.54 Å². The van der Waals surface area contributed by atoms with E-state index < -0.39 is 6.10 Å². The molecule has 7 nitrogen and oxygen atoms in total. The summed E-state index contributed by atoms with van der Waals surface area (Å²) in [6, 6.07) is 6.82. The molecule has 1 amide bonds. The molecule has 0 radical (unpaired) electrons. The number of benzene rings is 1. The van der Waals surface area contributed by atoms with Crippen LogP contribution in [0.2, 0.25) is 0 Å². The first-order chi connectivity index (χ1) is 8.66. The second-order valence-corrected chi connectivity index (χ2v) is 3.87. The highest BCUT2D eigenvalue weighted by Gasteiger charge is 2.08. The summed E-state index contributed by atoms with van der Waals surface area (Å²) in [6.07, 6.45) is -0.562. The second kappa shape index (κ2) is 5.37. The number of nitrogens with one attached hydrogen (secondary N) is 2. The van der Waals surface area contributed by atoms with Crippen LogP contribution >= 0.6 is 0 Å². The monoisotopic (exact) mass is 247 g/mol. The van der Waals surface area contributed by atoms with Gasteiger partial charge in [0, 0.05) is 17.7 Å². The van der Waals surface area contributed by atoms with Crippen LogP contribution in [0.5, 0.6) is 0 Å². The normalized spacial score (nSPS) is 12.1. The number of carbonyl (C=O) groups is 1. The lowest BCUT2D eigenvalue weighted by atomic mass is 10.1. The molecule has 0 unspecified atom stereocenters. The Bertz CT molecular complexity index is 507. The molecule has 0 spiro atoms. The van der Waals surface area contributed by atoms with Gasteiger partial charge < -0.3 is 10.4 Å². The van der Waals surface area contributed by atoms with Gasteiger partial charge in [-0.2, -0.15) is 5.21 Å². The predicted octanol–water partition coefficient (Wildman–Crippen LogP) is -0.0227. The number of rotatable bonds is 4. The van der Waals surface area contributed by atoms with Crippen LogP contribution in [0.25, 0.3) is 11.4 Å². The van der Waals surface area contributed by atoms with Crippen molar-refractivity contribution in [1.82, 2.24) is 25.9 Å². The number of carbonyl (C=O) groups excluding carboxylic acids is 1. The Morgan fingerprint density at radius 1 is 1.44 bits per heavy atom. The van der Waals surface area contributed by atoms with Crippen LogP contribution in [-0.4, -0.2) is 44.3 Å². The van der Waals surface area contributed by atoms with Crippen molar-refractivity contribution in [3.8, 4) is 11.4 Å². The fourth-order valence-corrected chi connectivity index (χ4v) is 1.40. The lowest BCUT2D eigenvalue weighted by Gasteiger charge is -2.07. The number of nitrogens with zero attached hydrogens (tertiary/aromatic N) is 3. The molecule has 1 atom stereocenters. The second-order valence-electron chi connectivity index (χ2n) is 3.87. The molecule has 2 rings (SSSR count). The van der Waals surface area contributed by atoms with Crippen LogP contribution in [0.1, 0.15) is 17.3 Å². The smallest absolute Gasteiger partial charge is 0.251 e. The van der Waals surface area contributed by atoms with Gasteiger partial charge in [-0.3, -0.25) is 4.79 Å². The Morgan fingerprint density at radius 3 is 2.72 bits per heavy atom. The average Bonchev–Trinajstić information content (AvgIpc) is 2.90. The molecule has 1 aromatic heterocycles. The van der Waals surface area contributed by atoms with Gasteiger partial charge in [0.05, 0.1) is 6.10 Å². The van der Waals surface area contributed by atoms with Crippen LogP contribution < -0.4 is 5.32 Å². The summed E-state index contributed by atoms with van der Waals surface area (Å²) in [5.74, 6) is 0.251. The van der Waals surface area contributed by atoms with Gasteiger partial charge in [0.25, 0.3) is 5.91 Å². The minimum Gasteiger partial charge on any atom is -0.392 e. The Hall–Kier alpha value is -2.28. The zero-order chi connectivity index (χ0) is 13.0. The third-order valence-corrected chi connectivity index (χ3v) is 2.31. The SMILES string of the molecule is C[C@@H](O)CNC(=O)c1ccc(-c2nn[nH]n2)cc1. The van der Waals surface area contributed by atoms with E-state index in [9.17, 15) is 4.79 Å². The summed E-state index contributed by atoms with van der Waals surface area (Å²) < 4.78 is 0. The van der Waals surface area contributed by atoms with Crippen molar-refractivity contribution in [3.63, 3.8) is 0 Å². The van der Waals surface area contributed by atoms with Crippen LogP contribution in [0.15, 0.2) is 24.3 Å². The van der Waals surface area contributed by atoms with E-state index in [0.717, 1.165) is 5.56 Å². The van der Waals surface area contributed by atoms with Gasteiger partial charge in [0.2, 0.25) is 5.82 Å². The van der Waals surface area contributed by atoms with Gasteiger partial charge >= 0.3 is 0 Å². The molecule has 0 aliphatic rings. The number of aromatic amines is 1. The van der Waals surface area contributed by atoms with E-state index in [1.54, 1.807) is 31.2 Å². The first-order valence-corrected chi connectivity index (χ1v) is 5.47. The summed E-state index contributed by atoms with van der Waals surface area (Å²) in [4.78, 5) is 11.7. The molecule has 0 aliphatic carbocycles. The summed E-state index contributed by atoms with van der Waals surface area (Å²) in [5.41, 5.74) is 1.29. The summed E-state index contributed by atoms with van der Waals surface area (Å²) in [5, 5.41) is 25.2. The quantitative estimate of drug-likeness (QED) is 0.704. The Balaban J connectivity index is 2.06. The van der Waals surface area contributed by atoms with Crippen LogP contribution in [0.3, 0.4) is 0 Å². The molecule has 2 aromatic rings. The van der Waals surface area contributed by atoms with Gasteiger partial charge in [-0.1, -0.05) is 12.1 Å². The molecule has 7 heteroatoms. The molecule has 0 bridgehead atoms. The van der Waals surface area contributed by atoms with E-state index in [1.807, 2.05) is 0 Å². The van der Waals surface area contributed by atoms with Crippen molar-refractivity contribution in [2.24, 2.45) is 0 Å². The maximum absolute atomic E-state index is 11.7. The number of hydrogen-bond donors (Lipinski definition) is 3. The highest BCUT2D eigenvalue weighted by molar-refractivity contribution is 5.94. The third-order valence-electron chi connectivity index (χ3n) is 2.31. The van der Waals surface area contributed by atoms with E-state index in [4.69, 9.17) is 5.11 Å². The van der Waals surface area contributed by atoms with Gasteiger partial charge in [-0.05, 0) is 24.3 Å². The van der Waals surface area contributed by atoms with Crippen molar-refractivity contribution < 1.29 is 9.90 Å². The van der Waals surface area contributed by atoms with Crippen molar-refractivity contribution in [1.29, 1.82) is 0 Å². The Kier molecular flexibility index (Phi) is 3.63. The number of H-pyrrole nitrogens is 1. The molecule has 0 aliphatic heterocycles.